The Morgan fingerprint density at radius 2 is 1.85 bits per heavy atom. The van der Waals surface area contributed by atoms with E-state index in [0.29, 0.717) is 12.3 Å². The van der Waals surface area contributed by atoms with E-state index in [2.05, 4.69) is 55.1 Å². The fourth-order valence-corrected chi connectivity index (χ4v) is 3.54. The molecule has 0 fully saturated rings. The number of rotatable bonds is 9. The van der Waals surface area contributed by atoms with Crippen LogP contribution in [0.15, 0.2) is 29.3 Å². The lowest BCUT2D eigenvalue weighted by Gasteiger charge is -2.22. The van der Waals surface area contributed by atoms with E-state index >= 15 is 0 Å². The Kier molecular flexibility index (Phi) is 9.74. The Bertz CT molecular complexity index is 1030. The van der Waals surface area contributed by atoms with Crippen molar-refractivity contribution in [3.05, 3.63) is 52.3 Å². The molecule has 0 bridgehead atoms. The van der Waals surface area contributed by atoms with Crippen LogP contribution in [0.25, 0.3) is 11.3 Å². The highest BCUT2D eigenvalue weighted by atomic mass is 35.5. The summed E-state index contributed by atoms with van der Waals surface area (Å²) in [4.78, 5) is 16.3. The molecule has 1 unspecified atom stereocenters. The number of nitrogens with zero attached hydrogens (tertiary/aromatic N) is 3. The number of carbonyl (C=O) groups excluding carboxylic acids is 1. The van der Waals surface area contributed by atoms with Crippen LogP contribution in [-0.2, 0) is 26.2 Å². The number of hydrogen-bond acceptors (Lipinski definition) is 6. The second kappa shape index (κ2) is 12.1. The summed E-state index contributed by atoms with van der Waals surface area (Å²) in [6, 6.07) is 8.32. The van der Waals surface area contributed by atoms with E-state index in [1.165, 1.54) is 5.56 Å². The first-order chi connectivity index (χ1) is 16.0. The topological polar surface area (TPSA) is 74.9 Å². The van der Waals surface area contributed by atoms with Gasteiger partial charge in [0.1, 0.15) is 12.3 Å². The molecule has 8 heteroatoms. The van der Waals surface area contributed by atoms with Gasteiger partial charge in [0.25, 0.3) is 0 Å². The third kappa shape index (κ3) is 6.86. The van der Waals surface area contributed by atoms with Gasteiger partial charge in [-0.1, -0.05) is 45.0 Å². The fraction of sp³-hybridized carbons (Fsp3) is 0.500. The van der Waals surface area contributed by atoms with Crippen LogP contribution in [0.2, 0.25) is 0 Å². The minimum Gasteiger partial charge on any atom is -0.452 e. The predicted molar refractivity (Wildman–Crippen MR) is 137 cm³/mol. The summed E-state index contributed by atoms with van der Waals surface area (Å²) >= 11 is 5.59. The van der Waals surface area contributed by atoms with Gasteiger partial charge in [-0.3, -0.25) is 9.67 Å². The van der Waals surface area contributed by atoms with Crippen LogP contribution in [0.4, 0.5) is 4.79 Å². The number of alkyl halides is 1. The number of carbonyl (C=O) groups is 1. The number of halogens is 1. The van der Waals surface area contributed by atoms with Gasteiger partial charge in [-0.2, -0.15) is 5.10 Å². The minimum atomic E-state index is -0.924. The monoisotopic (exact) mass is 489 g/mol. The molecule has 1 heterocycles. The van der Waals surface area contributed by atoms with Gasteiger partial charge in [-0.25, -0.2) is 4.79 Å². The molecule has 1 aromatic heterocycles. The van der Waals surface area contributed by atoms with Crippen LogP contribution >= 0.6 is 11.6 Å². The van der Waals surface area contributed by atoms with Gasteiger partial charge in [-0.05, 0) is 37.3 Å². The molecule has 0 saturated carbocycles. The number of aliphatic imine (C=N–C) groups is 1. The molecule has 1 atom stereocenters. The van der Waals surface area contributed by atoms with Crippen molar-refractivity contribution in [3.63, 3.8) is 0 Å². The lowest BCUT2D eigenvalue weighted by Crippen LogP contribution is -2.21. The first-order valence-corrected chi connectivity index (χ1v) is 11.9. The minimum absolute atomic E-state index is 0.0286. The maximum Gasteiger partial charge on any atom is 0.511 e. The SMILES string of the molecule is CCn1nc(C)c(C)c1/C(OC(C)OC(=O)OCCCl)=C(\C=N/C)c1ccc(C(C)(C)C)cc1. The van der Waals surface area contributed by atoms with Crippen molar-refractivity contribution in [3.8, 4) is 0 Å². The van der Waals surface area contributed by atoms with Crippen molar-refractivity contribution in [1.82, 2.24) is 9.78 Å². The molecular formula is C26H36ClN3O4. The van der Waals surface area contributed by atoms with E-state index in [0.717, 1.165) is 28.1 Å². The molecule has 0 saturated heterocycles. The maximum absolute atomic E-state index is 12.0. The smallest absolute Gasteiger partial charge is 0.452 e. The average molecular weight is 490 g/mol. The Morgan fingerprint density at radius 3 is 2.38 bits per heavy atom. The van der Waals surface area contributed by atoms with E-state index in [1.807, 2.05) is 25.5 Å². The number of hydrogen-bond donors (Lipinski definition) is 0. The number of ether oxygens (including phenoxy) is 3. The maximum atomic E-state index is 12.0. The van der Waals surface area contributed by atoms with Crippen LogP contribution in [0.5, 0.6) is 0 Å². The number of aryl methyl sites for hydroxylation is 2. The Labute approximate surface area is 207 Å². The normalized spacial score (nSPS) is 13.6. The molecule has 0 aliphatic rings. The number of allylic oxidation sites excluding steroid dienone is 1. The van der Waals surface area contributed by atoms with Gasteiger partial charge >= 0.3 is 6.16 Å². The highest BCUT2D eigenvalue weighted by molar-refractivity contribution is 6.18. The predicted octanol–water partition coefficient (Wildman–Crippen LogP) is 6.14. The van der Waals surface area contributed by atoms with Gasteiger partial charge in [0.05, 0.1) is 11.6 Å². The van der Waals surface area contributed by atoms with Gasteiger partial charge in [0.2, 0.25) is 6.29 Å². The first kappa shape index (κ1) is 27.4. The van der Waals surface area contributed by atoms with Gasteiger partial charge in [0.15, 0.2) is 5.76 Å². The van der Waals surface area contributed by atoms with Crippen molar-refractivity contribution in [1.29, 1.82) is 0 Å². The largest absolute Gasteiger partial charge is 0.511 e. The van der Waals surface area contributed by atoms with Crippen LogP contribution in [0.3, 0.4) is 0 Å². The van der Waals surface area contributed by atoms with E-state index < -0.39 is 12.4 Å². The summed E-state index contributed by atoms with van der Waals surface area (Å²) in [6.07, 6.45) is -0.0154. The zero-order valence-corrected chi connectivity index (χ0v) is 22.2. The summed E-state index contributed by atoms with van der Waals surface area (Å²) in [5, 5.41) is 4.65. The van der Waals surface area contributed by atoms with Gasteiger partial charge in [-0.15, -0.1) is 11.6 Å². The third-order valence-corrected chi connectivity index (χ3v) is 5.50. The molecule has 2 aromatic rings. The lowest BCUT2D eigenvalue weighted by molar-refractivity contribution is -0.0659. The van der Waals surface area contributed by atoms with E-state index in [1.54, 1.807) is 20.2 Å². The molecule has 0 radical (unpaired) electrons. The number of aromatic nitrogens is 2. The Morgan fingerprint density at radius 1 is 1.21 bits per heavy atom. The van der Waals surface area contributed by atoms with Crippen molar-refractivity contribution >= 4 is 35.3 Å². The summed E-state index contributed by atoms with van der Waals surface area (Å²) < 4.78 is 18.4. The highest BCUT2D eigenvalue weighted by Gasteiger charge is 2.24. The Balaban J connectivity index is 2.64. The van der Waals surface area contributed by atoms with Crippen LogP contribution in [0.1, 0.15) is 62.7 Å². The molecule has 0 aliphatic heterocycles. The molecule has 1 aromatic carbocycles. The summed E-state index contributed by atoms with van der Waals surface area (Å²) in [5.41, 5.74) is 5.60. The van der Waals surface area contributed by atoms with Crippen molar-refractivity contribution in [2.75, 3.05) is 19.5 Å². The standard InChI is InChI=1S/C26H36ClN3O4/c1-9-30-23(17(2)18(3)29-30)24(33-19(4)34-25(31)32-15-14-27)22(16-28-8)20-10-12-21(13-11-20)26(5,6)7/h10-13,16,19H,9,14-15H2,1-8H3/b24-22-,28-16-. The third-order valence-electron chi connectivity index (χ3n) is 5.35. The highest BCUT2D eigenvalue weighted by Crippen LogP contribution is 2.32. The Hall–Kier alpha value is -2.80. The van der Waals surface area contributed by atoms with E-state index in [9.17, 15) is 4.79 Å². The summed E-state index contributed by atoms with van der Waals surface area (Å²) in [7, 11) is 1.71. The molecular weight excluding hydrogens is 454 g/mol. The molecule has 0 N–H and O–H groups in total. The summed E-state index contributed by atoms with van der Waals surface area (Å²) in [5.74, 6) is 0.706. The van der Waals surface area contributed by atoms with Crippen LogP contribution in [-0.4, -0.2) is 48.0 Å². The molecule has 0 spiro atoms. The first-order valence-electron chi connectivity index (χ1n) is 11.4. The van der Waals surface area contributed by atoms with Crippen molar-refractivity contribution in [2.24, 2.45) is 4.99 Å². The molecule has 7 nitrogen and oxygen atoms in total. The zero-order chi connectivity index (χ0) is 25.5. The summed E-state index contributed by atoms with van der Waals surface area (Å²) in [6.45, 7) is 14.8. The van der Waals surface area contributed by atoms with E-state index in [-0.39, 0.29) is 17.9 Å². The second-order valence-electron chi connectivity index (χ2n) is 8.92. The molecule has 186 valence electrons. The number of benzene rings is 1. The molecule has 34 heavy (non-hydrogen) atoms. The van der Waals surface area contributed by atoms with Crippen molar-refractivity contribution in [2.45, 2.75) is 66.7 Å². The van der Waals surface area contributed by atoms with Crippen molar-refractivity contribution < 1.29 is 19.0 Å². The molecule has 0 aliphatic carbocycles. The van der Waals surface area contributed by atoms with Gasteiger partial charge in [0, 0.05) is 37.9 Å². The molecule has 2 rings (SSSR count). The average Bonchev–Trinajstić information content (AvgIpc) is 3.07. The van der Waals surface area contributed by atoms with Crippen LogP contribution < -0.4 is 0 Å². The van der Waals surface area contributed by atoms with Gasteiger partial charge < -0.3 is 14.2 Å². The second-order valence-corrected chi connectivity index (χ2v) is 9.30. The lowest BCUT2D eigenvalue weighted by atomic mass is 9.86. The quantitative estimate of drug-likeness (QED) is 0.139. The van der Waals surface area contributed by atoms with E-state index in [4.69, 9.17) is 25.8 Å². The van der Waals surface area contributed by atoms with Crippen LogP contribution in [0, 0.1) is 13.8 Å². The molecule has 0 amide bonds. The fourth-order valence-electron chi connectivity index (χ4n) is 3.46. The zero-order valence-electron chi connectivity index (χ0n) is 21.4.